The van der Waals surface area contributed by atoms with Crippen molar-refractivity contribution in [3.8, 4) is 5.75 Å². The summed E-state index contributed by atoms with van der Waals surface area (Å²) in [5.41, 5.74) is 1.000. The molecule has 5 nitrogen and oxygen atoms in total. The van der Waals surface area contributed by atoms with Crippen molar-refractivity contribution in [2.45, 2.75) is 52.9 Å². The largest absolute Gasteiger partial charge is 0.507 e. The number of anilines is 1. The van der Waals surface area contributed by atoms with E-state index in [1.807, 2.05) is 6.07 Å². The summed E-state index contributed by atoms with van der Waals surface area (Å²) in [6.07, 6.45) is 5.69. The molecule has 0 aliphatic heterocycles. The van der Waals surface area contributed by atoms with Gasteiger partial charge in [-0.3, -0.25) is 4.79 Å². The molecule has 0 aromatic heterocycles. The number of aromatic hydroxyl groups is 1. The van der Waals surface area contributed by atoms with Crippen LogP contribution in [0.25, 0.3) is 0 Å². The van der Waals surface area contributed by atoms with Crippen LogP contribution in [0.15, 0.2) is 42.5 Å². The Morgan fingerprint density at radius 3 is 2.23 bits per heavy atom. The standard InChI is InChI=1S/C25H33NO4/c1-4-5-6-9-15-26(16-14-18(2)3)19-12-13-22(23(27)17-19)24(28)20-10-7-8-11-21(20)25(29)30/h7-8,10-13,17-18,27H,4-6,9,14-16H2,1-3H3,(H,29,30). The Kier molecular flexibility index (Phi) is 8.90. The van der Waals surface area contributed by atoms with Gasteiger partial charge in [0, 0.05) is 30.4 Å². The lowest BCUT2D eigenvalue weighted by Crippen LogP contribution is -2.26. The van der Waals surface area contributed by atoms with Crippen molar-refractivity contribution in [2.75, 3.05) is 18.0 Å². The molecule has 2 aromatic carbocycles. The first-order chi connectivity index (χ1) is 14.3. The fraction of sp³-hybridized carbons (Fsp3) is 0.440. The second-order valence-corrected chi connectivity index (χ2v) is 8.11. The van der Waals surface area contributed by atoms with Crippen LogP contribution < -0.4 is 4.90 Å². The topological polar surface area (TPSA) is 77.8 Å². The van der Waals surface area contributed by atoms with Gasteiger partial charge in [-0.15, -0.1) is 0 Å². The Balaban J connectivity index is 2.26. The van der Waals surface area contributed by atoms with Gasteiger partial charge in [0.15, 0.2) is 5.78 Å². The number of unbranched alkanes of at least 4 members (excludes halogenated alkanes) is 3. The molecular weight excluding hydrogens is 378 g/mol. The third-order valence-corrected chi connectivity index (χ3v) is 5.25. The number of benzene rings is 2. The van der Waals surface area contributed by atoms with E-state index in [0.29, 0.717) is 5.92 Å². The van der Waals surface area contributed by atoms with Crippen LogP contribution in [0.2, 0.25) is 0 Å². The van der Waals surface area contributed by atoms with Crippen molar-refractivity contribution in [1.29, 1.82) is 0 Å². The second-order valence-electron chi connectivity index (χ2n) is 8.11. The summed E-state index contributed by atoms with van der Waals surface area (Å²) in [5, 5.41) is 19.9. The first-order valence-electron chi connectivity index (χ1n) is 10.8. The predicted molar refractivity (Wildman–Crippen MR) is 121 cm³/mol. The summed E-state index contributed by atoms with van der Waals surface area (Å²) >= 11 is 0. The quantitative estimate of drug-likeness (QED) is 0.343. The van der Waals surface area contributed by atoms with Gasteiger partial charge in [0.25, 0.3) is 0 Å². The highest BCUT2D eigenvalue weighted by Crippen LogP contribution is 2.28. The molecule has 0 unspecified atom stereocenters. The molecule has 2 aromatic rings. The predicted octanol–water partition coefficient (Wildman–Crippen LogP) is 5.75. The van der Waals surface area contributed by atoms with Gasteiger partial charge in [-0.2, -0.15) is 0 Å². The maximum absolute atomic E-state index is 12.9. The zero-order chi connectivity index (χ0) is 22.1. The SMILES string of the molecule is CCCCCCN(CCC(C)C)c1ccc(C(=O)c2ccccc2C(=O)O)c(O)c1. The molecule has 162 valence electrons. The molecule has 0 spiro atoms. The fourth-order valence-corrected chi connectivity index (χ4v) is 3.43. The normalized spacial score (nSPS) is 10.9. The van der Waals surface area contributed by atoms with Crippen LogP contribution in [0.5, 0.6) is 5.75 Å². The van der Waals surface area contributed by atoms with Crippen LogP contribution in [0, 0.1) is 5.92 Å². The van der Waals surface area contributed by atoms with Gasteiger partial charge < -0.3 is 15.1 Å². The van der Waals surface area contributed by atoms with Gasteiger partial charge in [-0.1, -0.05) is 58.2 Å². The molecular formula is C25H33NO4. The van der Waals surface area contributed by atoms with E-state index in [4.69, 9.17) is 0 Å². The van der Waals surface area contributed by atoms with Gasteiger partial charge >= 0.3 is 5.97 Å². The number of phenolic OH excluding ortho intramolecular Hbond substituents is 1. The minimum absolute atomic E-state index is 0.0690. The zero-order valence-electron chi connectivity index (χ0n) is 18.2. The molecule has 0 aliphatic carbocycles. The number of rotatable bonds is 12. The van der Waals surface area contributed by atoms with E-state index in [1.54, 1.807) is 24.3 Å². The first-order valence-corrected chi connectivity index (χ1v) is 10.8. The van der Waals surface area contributed by atoms with Gasteiger partial charge in [0.1, 0.15) is 5.75 Å². The molecule has 0 amide bonds. The maximum atomic E-state index is 12.9. The number of carbonyl (C=O) groups excluding carboxylic acids is 1. The second kappa shape index (κ2) is 11.4. The monoisotopic (exact) mass is 411 g/mol. The Bertz CT molecular complexity index is 860. The van der Waals surface area contributed by atoms with Gasteiger partial charge in [-0.05, 0) is 37.0 Å². The average molecular weight is 412 g/mol. The lowest BCUT2D eigenvalue weighted by Gasteiger charge is -2.26. The Morgan fingerprint density at radius 2 is 1.63 bits per heavy atom. The van der Waals surface area contributed by atoms with E-state index in [0.717, 1.165) is 31.6 Å². The number of carboxylic acids is 1. The van der Waals surface area contributed by atoms with Crippen molar-refractivity contribution < 1.29 is 19.8 Å². The Hall–Kier alpha value is -2.82. The minimum atomic E-state index is -1.16. The van der Waals surface area contributed by atoms with E-state index in [2.05, 4.69) is 25.7 Å². The van der Waals surface area contributed by atoms with E-state index < -0.39 is 11.8 Å². The number of carboxylic acid groups (broad SMARTS) is 1. The average Bonchev–Trinajstić information content (AvgIpc) is 2.72. The van der Waals surface area contributed by atoms with E-state index in [1.165, 1.54) is 31.4 Å². The molecule has 0 saturated heterocycles. The summed E-state index contributed by atoms with van der Waals surface area (Å²) in [7, 11) is 0. The molecule has 0 bridgehead atoms. The van der Waals surface area contributed by atoms with Crippen LogP contribution in [0.3, 0.4) is 0 Å². The molecule has 0 heterocycles. The maximum Gasteiger partial charge on any atom is 0.336 e. The van der Waals surface area contributed by atoms with Crippen LogP contribution >= 0.6 is 0 Å². The fourth-order valence-electron chi connectivity index (χ4n) is 3.43. The van der Waals surface area contributed by atoms with Crippen molar-refractivity contribution in [3.05, 3.63) is 59.2 Å². The highest BCUT2D eigenvalue weighted by atomic mass is 16.4. The van der Waals surface area contributed by atoms with Crippen LogP contribution in [-0.2, 0) is 0 Å². The number of ketones is 1. The molecule has 2 N–H and O–H groups in total. The Morgan fingerprint density at radius 1 is 0.933 bits per heavy atom. The van der Waals surface area contributed by atoms with Crippen LogP contribution in [0.4, 0.5) is 5.69 Å². The van der Waals surface area contributed by atoms with Crippen molar-refractivity contribution in [1.82, 2.24) is 0 Å². The van der Waals surface area contributed by atoms with E-state index in [9.17, 15) is 19.8 Å². The number of nitrogens with zero attached hydrogens (tertiary/aromatic N) is 1. The van der Waals surface area contributed by atoms with Gasteiger partial charge in [0.2, 0.25) is 0 Å². The van der Waals surface area contributed by atoms with Crippen molar-refractivity contribution >= 4 is 17.4 Å². The molecule has 2 rings (SSSR count). The summed E-state index contributed by atoms with van der Waals surface area (Å²) < 4.78 is 0. The highest BCUT2D eigenvalue weighted by molar-refractivity contribution is 6.15. The minimum Gasteiger partial charge on any atom is -0.507 e. The molecule has 0 aliphatic rings. The molecule has 0 fully saturated rings. The molecule has 0 saturated carbocycles. The lowest BCUT2D eigenvalue weighted by atomic mass is 9.97. The smallest absolute Gasteiger partial charge is 0.336 e. The number of aromatic carboxylic acids is 1. The molecule has 0 atom stereocenters. The van der Waals surface area contributed by atoms with Crippen LogP contribution in [-0.4, -0.2) is 35.1 Å². The zero-order valence-corrected chi connectivity index (χ0v) is 18.2. The number of phenols is 1. The summed E-state index contributed by atoms with van der Waals surface area (Å²) in [6, 6.07) is 11.1. The summed E-state index contributed by atoms with van der Waals surface area (Å²) in [4.78, 5) is 26.6. The third kappa shape index (κ3) is 6.34. The van der Waals surface area contributed by atoms with Crippen molar-refractivity contribution in [3.63, 3.8) is 0 Å². The molecule has 30 heavy (non-hydrogen) atoms. The van der Waals surface area contributed by atoms with Crippen molar-refractivity contribution in [2.24, 2.45) is 5.92 Å². The summed E-state index contributed by atoms with van der Waals surface area (Å²) in [5.74, 6) is -1.21. The number of hydrogen-bond acceptors (Lipinski definition) is 4. The van der Waals surface area contributed by atoms with E-state index >= 15 is 0 Å². The molecule has 0 radical (unpaired) electrons. The Labute approximate surface area is 179 Å². The highest BCUT2D eigenvalue weighted by Gasteiger charge is 2.21. The lowest BCUT2D eigenvalue weighted by molar-refractivity contribution is 0.0692. The first kappa shape index (κ1) is 23.5. The third-order valence-electron chi connectivity index (χ3n) is 5.25. The van der Waals surface area contributed by atoms with Crippen LogP contribution in [0.1, 0.15) is 79.2 Å². The number of hydrogen-bond donors (Lipinski definition) is 2. The summed E-state index contributed by atoms with van der Waals surface area (Å²) in [6.45, 7) is 8.36. The van der Waals surface area contributed by atoms with E-state index in [-0.39, 0.29) is 22.4 Å². The molecule has 5 heteroatoms. The van der Waals surface area contributed by atoms with Gasteiger partial charge in [-0.25, -0.2) is 4.79 Å². The van der Waals surface area contributed by atoms with Gasteiger partial charge in [0.05, 0.1) is 11.1 Å². The number of carbonyl (C=O) groups is 2.